The molecule has 1 aliphatic carbocycles. The van der Waals surface area contributed by atoms with Gasteiger partial charge in [0.2, 0.25) is 0 Å². The smallest absolute Gasteiger partial charge is 0.165 e. The highest BCUT2D eigenvalue weighted by Crippen LogP contribution is 2.28. The van der Waals surface area contributed by atoms with E-state index in [0.717, 1.165) is 42.6 Å². The van der Waals surface area contributed by atoms with Gasteiger partial charge in [-0.1, -0.05) is 0 Å². The van der Waals surface area contributed by atoms with Crippen molar-refractivity contribution in [3.05, 3.63) is 29.3 Å². The van der Waals surface area contributed by atoms with Gasteiger partial charge in [-0.2, -0.15) is 0 Å². The van der Waals surface area contributed by atoms with E-state index in [4.69, 9.17) is 10.5 Å². The molecule has 1 aliphatic rings. The summed E-state index contributed by atoms with van der Waals surface area (Å²) in [4.78, 5) is 12.4. The van der Waals surface area contributed by atoms with Crippen LogP contribution in [0.15, 0.2) is 18.2 Å². The fourth-order valence-electron chi connectivity index (χ4n) is 2.74. The topological polar surface area (TPSA) is 52.3 Å². The monoisotopic (exact) mass is 261 g/mol. The van der Waals surface area contributed by atoms with E-state index in [9.17, 15) is 4.79 Å². The van der Waals surface area contributed by atoms with E-state index in [1.165, 1.54) is 0 Å². The first-order chi connectivity index (χ1) is 9.11. The summed E-state index contributed by atoms with van der Waals surface area (Å²) in [6.07, 6.45) is 3.78. The minimum absolute atomic E-state index is 0.150. The first-order valence-corrected chi connectivity index (χ1v) is 7.15. The van der Waals surface area contributed by atoms with E-state index < -0.39 is 0 Å². The Morgan fingerprint density at radius 1 is 1.32 bits per heavy atom. The number of hydrogen-bond acceptors (Lipinski definition) is 3. The average Bonchev–Trinajstić information content (AvgIpc) is 2.41. The second-order valence-corrected chi connectivity index (χ2v) is 5.39. The van der Waals surface area contributed by atoms with Gasteiger partial charge in [-0.15, -0.1) is 0 Å². The van der Waals surface area contributed by atoms with Crippen LogP contribution in [0, 0.1) is 12.8 Å². The van der Waals surface area contributed by atoms with Crippen LogP contribution in [0.2, 0.25) is 0 Å². The highest BCUT2D eigenvalue weighted by molar-refractivity contribution is 5.98. The molecule has 1 fully saturated rings. The first-order valence-electron chi connectivity index (χ1n) is 7.15. The Hall–Kier alpha value is -1.35. The minimum Gasteiger partial charge on any atom is -0.494 e. The fourth-order valence-corrected chi connectivity index (χ4v) is 2.74. The third-order valence-electron chi connectivity index (χ3n) is 3.90. The molecule has 2 N–H and O–H groups in total. The molecule has 19 heavy (non-hydrogen) atoms. The normalized spacial score (nSPS) is 23.1. The van der Waals surface area contributed by atoms with Crippen molar-refractivity contribution in [2.75, 3.05) is 6.61 Å². The van der Waals surface area contributed by atoms with Gasteiger partial charge in [0, 0.05) is 17.5 Å². The molecule has 0 saturated heterocycles. The van der Waals surface area contributed by atoms with Crippen molar-refractivity contribution in [2.45, 2.75) is 45.6 Å². The predicted molar refractivity (Wildman–Crippen MR) is 76.6 cm³/mol. The van der Waals surface area contributed by atoms with Crippen molar-refractivity contribution in [3.8, 4) is 5.75 Å². The highest BCUT2D eigenvalue weighted by atomic mass is 16.5. The predicted octanol–water partition coefficient (Wildman–Crippen LogP) is 3.09. The number of carbonyl (C=O) groups excluding carboxylic acids is 1. The largest absolute Gasteiger partial charge is 0.494 e. The molecule has 2 rings (SSSR count). The summed E-state index contributed by atoms with van der Waals surface area (Å²) < 4.78 is 5.50. The zero-order valence-corrected chi connectivity index (χ0v) is 11.8. The van der Waals surface area contributed by atoms with E-state index >= 15 is 0 Å². The Morgan fingerprint density at radius 3 is 2.58 bits per heavy atom. The van der Waals surface area contributed by atoms with Gasteiger partial charge < -0.3 is 10.5 Å². The van der Waals surface area contributed by atoms with Gasteiger partial charge in [-0.3, -0.25) is 4.79 Å². The molecule has 3 heteroatoms. The van der Waals surface area contributed by atoms with Crippen molar-refractivity contribution in [1.82, 2.24) is 0 Å². The molecule has 104 valence electrons. The molecular weight excluding hydrogens is 238 g/mol. The third-order valence-corrected chi connectivity index (χ3v) is 3.90. The standard InChI is InChI=1S/C16H23NO2/c1-3-19-15-9-6-13(10-11(15)2)16(18)12-4-7-14(17)8-5-12/h6,9-10,12,14H,3-5,7-8,17H2,1-2H3. The summed E-state index contributed by atoms with van der Waals surface area (Å²) in [5.74, 6) is 1.28. The maximum absolute atomic E-state index is 12.4. The maximum Gasteiger partial charge on any atom is 0.165 e. The molecule has 0 spiro atoms. The number of Topliss-reactive ketones (excluding diaryl/α,β-unsaturated/α-hetero) is 1. The van der Waals surface area contributed by atoms with Gasteiger partial charge in [0.1, 0.15) is 5.75 Å². The summed E-state index contributed by atoms with van der Waals surface area (Å²) in [7, 11) is 0. The van der Waals surface area contributed by atoms with Crippen LogP contribution in [-0.4, -0.2) is 18.4 Å². The van der Waals surface area contributed by atoms with Crippen LogP contribution in [-0.2, 0) is 0 Å². The minimum atomic E-state index is 0.150. The first kappa shape index (κ1) is 14.1. The Labute approximate surface area is 115 Å². The van der Waals surface area contributed by atoms with Crippen molar-refractivity contribution in [2.24, 2.45) is 11.7 Å². The SMILES string of the molecule is CCOc1ccc(C(=O)C2CCC(N)CC2)cc1C. The van der Waals surface area contributed by atoms with Gasteiger partial charge >= 0.3 is 0 Å². The van der Waals surface area contributed by atoms with Gasteiger partial charge in [-0.05, 0) is 63.3 Å². The number of rotatable bonds is 4. The summed E-state index contributed by atoms with van der Waals surface area (Å²) in [6.45, 7) is 4.59. The maximum atomic E-state index is 12.4. The van der Waals surface area contributed by atoms with Gasteiger partial charge in [0.05, 0.1) is 6.61 Å². The number of carbonyl (C=O) groups is 1. The van der Waals surface area contributed by atoms with Crippen LogP contribution in [0.25, 0.3) is 0 Å². The van der Waals surface area contributed by atoms with Crippen molar-refractivity contribution < 1.29 is 9.53 Å². The number of ether oxygens (including phenoxy) is 1. The van der Waals surface area contributed by atoms with E-state index in [0.29, 0.717) is 6.61 Å². The molecule has 0 amide bonds. The lowest BCUT2D eigenvalue weighted by Gasteiger charge is -2.25. The lowest BCUT2D eigenvalue weighted by Crippen LogP contribution is -2.29. The summed E-state index contributed by atoms with van der Waals surface area (Å²) in [5, 5.41) is 0. The number of ketones is 1. The molecule has 1 aromatic carbocycles. The molecule has 0 unspecified atom stereocenters. The van der Waals surface area contributed by atoms with Gasteiger partial charge in [0.25, 0.3) is 0 Å². The van der Waals surface area contributed by atoms with Crippen LogP contribution in [0.4, 0.5) is 0 Å². The summed E-state index contributed by atoms with van der Waals surface area (Å²) in [5.41, 5.74) is 7.72. The van der Waals surface area contributed by atoms with Crippen molar-refractivity contribution >= 4 is 5.78 Å². The average molecular weight is 261 g/mol. The van der Waals surface area contributed by atoms with Crippen LogP contribution in [0.1, 0.15) is 48.5 Å². The van der Waals surface area contributed by atoms with Crippen LogP contribution >= 0.6 is 0 Å². The molecular formula is C16H23NO2. The second kappa shape index (κ2) is 6.20. The second-order valence-electron chi connectivity index (χ2n) is 5.39. The Morgan fingerprint density at radius 2 is 2.00 bits per heavy atom. The zero-order chi connectivity index (χ0) is 13.8. The lowest BCUT2D eigenvalue weighted by molar-refractivity contribution is 0.0884. The van der Waals surface area contributed by atoms with Crippen molar-refractivity contribution in [1.29, 1.82) is 0 Å². The molecule has 0 heterocycles. The lowest BCUT2D eigenvalue weighted by atomic mass is 9.81. The van der Waals surface area contributed by atoms with Crippen LogP contribution in [0.3, 0.4) is 0 Å². The quantitative estimate of drug-likeness (QED) is 0.847. The van der Waals surface area contributed by atoms with E-state index in [-0.39, 0.29) is 17.7 Å². The molecule has 0 aromatic heterocycles. The highest BCUT2D eigenvalue weighted by Gasteiger charge is 2.25. The summed E-state index contributed by atoms with van der Waals surface area (Å²) >= 11 is 0. The number of hydrogen-bond donors (Lipinski definition) is 1. The Balaban J connectivity index is 2.09. The van der Waals surface area contributed by atoms with Crippen LogP contribution < -0.4 is 10.5 Å². The zero-order valence-electron chi connectivity index (χ0n) is 11.8. The number of benzene rings is 1. The molecule has 1 saturated carbocycles. The molecule has 0 bridgehead atoms. The Bertz CT molecular complexity index is 448. The van der Waals surface area contributed by atoms with Gasteiger partial charge in [-0.25, -0.2) is 0 Å². The molecule has 0 aliphatic heterocycles. The molecule has 0 atom stereocenters. The van der Waals surface area contributed by atoms with Crippen LogP contribution in [0.5, 0.6) is 5.75 Å². The number of aryl methyl sites for hydroxylation is 1. The van der Waals surface area contributed by atoms with E-state index in [1.807, 2.05) is 32.0 Å². The van der Waals surface area contributed by atoms with Crippen molar-refractivity contribution in [3.63, 3.8) is 0 Å². The van der Waals surface area contributed by atoms with E-state index in [1.54, 1.807) is 0 Å². The molecule has 0 radical (unpaired) electrons. The molecule has 3 nitrogen and oxygen atoms in total. The fraction of sp³-hybridized carbons (Fsp3) is 0.562. The van der Waals surface area contributed by atoms with E-state index in [2.05, 4.69) is 0 Å². The summed E-state index contributed by atoms with van der Waals surface area (Å²) in [6, 6.07) is 6.02. The number of nitrogens with two attached hydrogens (primary N) is 1. The van der Waals surface area contributed by atoms with Gasteiger partial charge in [0.15, 0.2) is 5.78 Å². The third kappa shape index (κ3) is 3.35. The Kier molecular flexibility index (Phi) is 4.59. The molecule has 1 aromatic rings.